The number of hydrogen-bond donors (Lipinski definition) is 1. The monoisotopic (exact) mass is 437 g/mol. The highest BCUT2D eigenvalue weighted by molar-refractivity contribution is 5.72. The van der Waals surface area contributed by atoms with Crippen molar-refractivity contribution in [3.63, 3.8) is 0 Å². The number of aromatic nitrogens is 1. The molecule has 3 aromatic rings. The number of hydrogen-bond acceptors (Lipinski definition) is 5. The van der Waals surface area contributed by atoms with Crippen LogP contribution < -0.4 is 19.6 Å². The molecule has 1 N–H and O–H groups in total. The lowest BCUT2D eigenvalue weighted by molar-refractivity contribution is -0.145. The molecule has 0 aliphatic carbocycles. The first kappa shape index (κ1) is 22.9. The fraction of sp³-hybridized carbons (Fsp3) is 0.280. The Labute approximate surface area is 186 Å². The van der Waals surface area contributed by atoms with Gasteiger partial charge in [0.05, 0.1) is 19.3 Å². The summed E-state index contributed by atoms with van der Waals surface area (Å²) in [5.41, 5.74) is 1.22. The van der Waals surface area contributed by atoms with E-state index >= 15 is 0 Å². The van der Waals surface area contributed by atoms with Gasteiger partial charge in [-0.3, -0.25) is 4.79 Å². The lowest BCUT2D eigenvalue weighted by atomic mass is 10.1. The highest BCUT2D eigenvalue weighted by Crippen LogP contribution is 2.19. The minimum Gasteiger partial charge on any atom is -0.497 e. The van der Waals surface area contributed by atoms with Crippen molar-refractivity contribution >= 4 is 5.97 Å². The van der Waals surface area contributed by atoms with Crippen LogP contribution in [-0.2, 0) is 17.8 Å². The number of pyridine rings is 1. The molecule has 1 heterocycles. The summed E-state index contributed by atoms with van der Waals surface area (Å²) >= 11 is 0. The van der Waals surface area contributed by atoms with E-state index in [0.29, 0.717) is 31.0 Å². The van der Waals surface area contributed by atoms with Gasteiger partial charge in [-0.1, -0.05) is 30.3 Å². The zero-order valence-electron chi connectivity index (χ0n) is 18.2. The first-order valence-electron chi connectivity index (χ1n) is 10.4. The quantitative estimate of drug-likeness (QED) is 0.492. The van der Waals surface area contributed by atoms with Crippen LogP contribution in [0.1, 0.15) is 17.7 Å². The summed E-state index contributed by atoms with van der Waals surface area (Å²) in [4.78, 5) is 24.2. The zero-order chi connectivity index (χ0) is 22.9. The van der Waals surface area contributed by atoms with E-state index in [1.807, 2.05) is 59.2 Å². The molecule has 0 saturated heterocycles. The average Bonchev–Trinajstić information content (AvgIpc) is 2.81. The summed E-state index contributed by atoms with van der Waals surface area (Å²) in [6.07, 6.45) is 1.33. The molecule has 0 spiro atoms. The lowest BCUT2D eigenvalue weighted by Gasteiger charge is -2.19. The van der Waals surface area contributed by atoms with Crippen molar-refractivity contribution in [1.29, 1.82) is 0 Å². The average molecular weight is 437 g/mol. The molecule has 7 nitrogen and oxygen atoms in total. The fourth-order valence-corrected chi connectivity index (χ4v) is 3.29. The van der Waals surface area contributed by atoms with E-state index in [-0.39, 0.29) is 17.6 Å². The van der Waals surface area contributed by atoms with Gasteiger partial charge in [-0.25, -0.2) is 4.79 Å². The summed E-state index contributed by atoms with van der Waals surface area (Å²) in [7, 11) is 1.60. The van der Waals surface area contributed by atoms with Crippen LogP contribution in [-0.4, -0.2) is 35.5 Å². The number of ether oxygens (including phenoxy) is 3. The predicted molar refractivity (Wildman–Crippen MR) is 121 cm³/mol. The summed E-state index contributed by atoms with van der Waals surface area (Å²) in [6, 6.07) is 18.2. The van der Waals surface area contributed by atoms with E-state index in [9.17, 15) is 14.7 Å². The van der Waals surface area contributed by atoms with Gasteiger partial charge >= 0.3 is 5.97 Å². The van der Waals surface area contributed by atoms with Gasteiger partial charge in [-0.05, 0) is 49.6 Å². The molecule has 0 aliphatic heterocycles. The normalized spacial score (nSPS) is 11.6. The number of methoxy groups -OCH3 is 1. The van der Waals surface area contributed by atoms with Crippen LogP contribution in [0.2, 0.25) is 0 Å². The molecule has 0 amide bonds. The molecule has 0 bridgehead atoms. The van der Waals surface area contributed by atoms with Crippen LogP contribution in [0, 0.1) is 6.92 Å². The van der Waals surface area contributed by atoms with Crippen LogP contribution >= 0.6 is 0 Å². The second-order valence-corrected chi connectivity index (χ2v) is 7.28. The van der Waals surface area contributed by atoms with E-state index < -0.39 is 12.1 Å². The number of aliphatic carboxylic acids is 1. The van der Waals surface area contributed by atoms with Gasteiger partial charge < -0.3 is 23.9 Å². The summed E-state index contributed by atoms with van der Waals surface area (Å²) in [5, 5.41) is 9.61. The molecular weight excluding hydrogens is 410 g/mol. The maximum atomic E-state index is 12.4. The van der Waals surface area contributed by atoms with Gasteiger partial charge in [-0.15, -0.1) is 0 Å². The van der Waals surface area contributed by atoms with Gasteiger partial charge in [0.25, 0.3) is 0 Å². The molecule has 1 aromatic heterocycles. The Morgan fingerprint density at radius 1 is 1.03 bits per heavy atom. The molecule has 2 aromatic carbocycles. The molecule has 7 heteroatoms. The first-order valence-corrected chi connectivity index (χ1v) is 10.4. The van der Waals surface area contributed by atoms with Gasteiger partial charge in [0.1, 0.15) is 18.1 Å². The van der Waals surface area contributed by atoms with E-state index in [4.69, 9.17) is 14.2 Å². The minimum absolute atomic E-state index is 0.0532. The Morgan fingerprint density at radius 3 is 2.38 bits per heavy atom. The molecular formula is C25H27NO6. The Hall–Kier alpha value is -3.74. The van der Waals surface area contributed by atoms with Crippen LogP contribution in [0.5, 0.6) is 17.2 Å². The van der Waals surface area contributed by atoms with Crippen LogP contribution in [0.4, 0.5) is 0 Å². The van der Waals surface area contributed by atoms with Gasteiger partial charge in [0.2, 0.25) is 5.43 Å². The molecule has 0 aliphatic rings. The Kier molecular flexibility index (Phi) is 7.91. The number of aryl methyl sites for hydroxylation is 1. The maximum Gasteiger partial charge on any atom is 0.344 e. The van der Waals surface area contributed by atoms with Crippen molar-refractivity contribution in [3.8, 4) is 17.2 Å². The molecule has 168 valence electrons. The number of benzene rings is 2. The second kappa shape index (κ2) is 11.0. The number of carboxylic acids is 1. The molecule has 1 atom stereocenters. The van der Waals surface area contributed by atoms with Gasteiger partial charge in [-0.2, -0.15) is 0 Å². The summed E-state index contributed by atoms with van der Waals surface area (Å²) in [6.45, 7) is 2.57. The van der Waals surface area contributed by atoms with Crippen molar-refractivity contribution in [2.24, 2.45) is 0 Å². The topological polar surface area (TPSA) is 87.0 Å². The van der Waals surface area contributed by atoms with Crippen molar-refractivity contribution in [1.82, 2.24) is 4.57 Å². The Bertz CT molecular complexity index is 1080. The van der Waals surface area contributed by atoms with E-state index in [1.54, 1.807) is 20.2 Å². The molecule has 0 fully saturated rings. The highest BCUT2D eigenvalue weighted by atomic mass is 16.5. The van der Waals surface area contributed by atoms with Crippen LogP contribution in [0.25, 0.3) is 0 Å². The van der Waals surface area contributed by atoms with Crippen LogP contribution in [0.15, 0.2) is 71.7 Å². The predicted octanol–water partition coefficient (Wildman–Crippen LogP) is 3.71. The Balaban J connectivity index is 1.65. The smallest absolute Gasteiger partial charge is 0.344 e. The molecule has 1 unspecified atom stereocenters. The zero-order valence-corrected chi connectivity index (χ0v) is 18.2. The van der Waals surface area contributed by atoms with Gasteiger partial charge in [0, 0.05) is 12.3 Å². The standard InChI is InChI=1S/C25H27NO6/c1-18-24(32-23(25(28)29)13-8-19-6-4-3-5-7-19)22(27)14-15-26(18)16-17-31-21-11-9-20(30-2)10-12-21/h3-7,9-12,14-15,23H,8,13,16-17H2,1-2H3,(H,28,29). The molecule has 0 radical (unpaired) electrons. The highest BCUT2D eigenvalue weighted by Gasteiger charge is 2.22. The van der Waals surface area contributed by atoms with Crippen molar-refractivity contribution in [2.75, 3.05) is 13.7 Å². The van der Waals surface area contributed by atoms with E-state index in [1.165, 1.54) is 6.07 Å². The third-order valence-electron chi connectivity index (χ3n) is 5.12. The summed E-state index contributed by atoms with van der Waals surface area (Å²) < 4.78 is 18.4. The number of rotatable bonds is 11. The SMILES string of the molecule is COc1ccc(OCCn2ccc(=O)c(OC(CCc3ccccc3)C(=O)O)c2C)cc1. The number of nitrogens with zero attached hydrogens (tertiary/aromatic N) is 1. The minimum atomic E-state index is -1.12. The van der Waals surface area contributed by atoms with E-state index in [2.05, 4.69) is 0 Å². The third-order valence-corrected chi connectivity index (χ3v) is 5.12. The van der Waals surface area contributed by atoms with Gasteiger partial charge in [0.15, 0.2) is 11.9 Å². The van der Waals surface area contributed by atoms with E-state index in [0.717, 1.165) is 11.3 Å². The van der Waals surface area contributed by atoms with Crippen molar-refractivity contribution < 1.29 is 24.1 Å². The van der Waals surface area contributed by atoms with Crippen molar-refractivity contribution in [2.45, 2.75) is 32.4 Å². The van der Waals surface area contributed by atoms with Crippen LogP contribution in [0.3, 0.4) is 0 Å². The Morgan fingerprint density at radius 2 is 1.72 bits per heavy atom. The molecule has 0 saturated carbocycles. The largest absolute Gasteiger partial charge is 0.497 e. The van der Waals surface area contributed by atoms with Crippen molar-refractivity contribution in [3.05, 3.63) is 88.3 Å². The second-order valence-electron chi connectivity index (χ2n) is 7.28. The number of carboxylic acid groups (broad SMARTS) is 1. The molecule has 3 rings (SSSR count). The molecule has 32 heavy (non-hydrogen) atoms. The number of carbonyl (C=O) groups is 1. The summed E-state index contributed by atoms with van der Waals surface area (Å²) in [5.74, 6) is 0.402. The third kappa shape index (κ3) is 6.14. The lowest BCUT2D eigenvalue weighted by Crippen LogP contribution is -2.30. The maximum absolute atomic E-state index is 12.4. The first-order chi connectivity index (χ1) is 15.5. The fourth-order valence-electron chi connectivity index (χ4n) is 3.29.